The fourth-order valence-corrected chi connectivity index (χ4v) is 2.47. The van der Waals surface area contributed by atoms with Gasteiger partial charge in [-0.1, -0.05) is 10.6 Å². The third-order valence-corrected chi connectivity index (χ3v) is 3.97. The predicted molar refractivity (Wildman–Crippen MR) is 86.5 cm³/mol. The molecule has 1 N–H and O–H groups in total. The van der Waals surface area contributed by atoms with Crippen LogP contribution in [-0.2, 0) is 6.54 Å². The lowest BCUT2D eigenvalue weighted by Gasteiger charge is -2.06. The number of benzene rings is 1. The molecule has 3 rings (SSSR count). The molecule has 0 saturated heterocycles. The average Bonchev–Trinajstić information content (AvgIpc) is 3.02. The minimum atomic E-state index is -0.326. The number of amides is 1. The summed E-state index contributed by atoms with van der Waals surface area (Å²) >= 11 is 1.06. The van der Waals surface area contributed by atoms with Gasteiger partial charge in [-0.25, -0.2) is 9.37 Å². The molecule has 6 nitrogen and oxygen atoms in total. The van der Waals surface area contributed by atoms with Crippen molar-refractivity contribution in [3.63, 3.8) is 0 Å². The molecule has 0 spiro atoms. The van der Waals surface area contributed by atoms with E-state index in [-0.39, 0.29) is 11.7 Å². The standard InChI is InChI=1S/C16H13FN4O2S/c1-10-15(24-21-20-10)16(22)19-9-11-2-7-14(18-8-11)23-13-5-3-12(17)4-6-13/h2-8H,9H2,1H3,(H,19,22). The van der Waals surface area contributed by atoms with E-state index < -0.39 is 0 Å². The molecular formula is C16H13FN4O2S. The first-order chi connectivity index (χ1) is 11.6. The van der Waals surface area contributed by atoms with E-state index in [1.165, 1.54) is 24.3 Å². The van der Waals surface area contributed by atoms with Crippen molar-refractivity contribution < 1.29 is 13.9 Å². The van der Waals surface area contributed by atoms with Crippen molar-refractivity contribution in [1.29, 1.82) is 0 Å². The molecular weight excluding hydrogens is 331 g/mol. The van der Waals surface area contributed by atoms with E-state index in [0.717, 1.165) is 17.1 Å². The monoisotopic (exact) mass is 344 g/mol. The summed E-state index contributed by atoms with van der Waals surface area (Å²) in [7, 11) is 0. The minimum Gasteiger partial charge on any atom is -0.439 e. The van der Waals surface area contributed by atoms with Gasteiger partial charge in [0, 0.05) is 18.8 Å². The number of aryl methyl sites for hydroxylation is 1. The number of nitrogens with zero attached hydrogens (tertiary/aromatic N) is 3. The van der Waals surface area contributed by atoms with Gasteiger partial charge >= 0.3 is 0 Å². The van der Waals surface area contributed by atoms with Gasteiger partial charge in [-0.05, 0) is 48.3 Å². The first-order valence-electron chi connectivity index (χ1n) is 7.07. The van der Waals surface area contributed by atoms with Crippen LogP contribution >= 0.6 is 11.5 Å². The summed E-state index contributed by atoms with van der Waals surface area (Å²) < 4.78 is 22.1. The highest BCUT2D eigenvalue weighted by atomic mass is 32.1. The largest absolute Gasteiger partial charge is 0.439 e. The van der Waals surface area contributed by atoms with Crippen LogP contribution in [-0.4, -0.2) is 20.5 Å². The summed E-state index contributed by atoms with van der Waals surface area (Å²) in [6, 6.07) is 9.16. The zero-order valence-electron chi connectivity index (χ0n) is 12.7. The smallest absolute Gasteiger partial charge is 0.265 e. The second kappa shape index (κ2) is 7.14. The van der Waals surface area contributed by atoms with Gasteiger partial charge in [0.1, 0.15) is 16.4 Å². The highest BCUT2D eigenvalue weighted by Crippen LogP contribution is 2.19. The molecule has 0 atom stereocenters. The van der Waals surface area contributed by atoms with Crippen LogP contribution < -0.4 is 10.1 Å². The molecule has 24 heavy (non-hydrogen) atoms. The number of carbonyl (C=O) groups is 1. The number of carbonyl (C=O) groups excluding carboxylic acids is 1. The molecule has 0 aliphatic heterocycles. The van der Waals surface area contributed by atoms with Gasteiger partial charge in [-0.2, -0.15) is 0 Å². The topological polar surface area (TPSA) is 77.0 Å². The first kappa shape index (κ1) is 16.0. The number of hydrogen-bond acceptors (Lipinski definition) is 6. The Morgan fingerprint density at radius 3 is 2.67 bits per heavy atom. The average molecular weight is 344 g/mol. The summed E-state index contributed by atoms with van der Waals surface area (Å²) in [6.07, 6.45) is 1.61. The van der Waals surface area contributed by atoms with Gasteiger partial charge in [0.15, 0.2) is 0 Å². The van der Waals surface area contributed by atoms with Gasteiger partial charge in [0.05, 0.1) is 5.69 Å². The molecule has 0 aliphatic rings. The second-order valence-corrected chi connectivity index (χ2v) is 5.68. The Hall–Kier alpha value is -2.87. The van der Waals surface area contributed by atoms with Crippen molar-refractivity contribution in [2.45, 2.75) is 13.5 Å². The van der Waals surface area contributed by atoms with Crippen molar-refractivity contribution in [3.05, 3.63) is 64.5 Å². The summed E-state index contributed by atoms with van der Waals surface area (Å²) in [6.45, 7) is 2.07. The molecule has 0 aliphatic carbocycles. The molecule has 0 bridgehead atoms. The Kier molecular flexibility index (Phi) is 4.76. The van der Waals surface area contributed by atoms with Gasteiger partial charge in [-0.15, -0.1) is 5.10 Å². The van der Waals surface area contributed by atoms with Crippen LogP contribution in [0.15, 0.2) is 42.6 Å². The van der Waals surface area contributed by atoms with E-state index in [9.17, 15) is 9.18 Å². The number of halogens is 1. The third kappa shape index (κ3) is 3.90. The highest BCUT2D eigenvalue weighted by molar-refractivity contribution is 7.07. The van der Waals surface area contributed by atoms with Crippen molar-refractivity contribution in [2.24, 2.45) is 0 Å². The summed E-state index contributed by atoms with van der Waals surface area (Å²) in [5, 5.41) is 6.59. The summed E-state index contributed by atoms with van der Waals surface area (Å²) in [5.74, 6) is 0.347. The first-order valence-corrected chi connectivity index (χ1v) is 7.84. The van der Waals surface area contributed by atoms with Crippen LogP contribution in [0.1, 0.15) is 20.9 Å². The van der Waals surface area contributed by atoms with Gasteiger partial charge < -0.3 is 10.1 Å². The van der Waals surface area contributed by atoms with Crippen LogP contribution in [0.3, 0.4) is 0 Å². The summed E-state index contributed by atoms with van der Waals surface area (Å²) in [5.41, 5.74) is 1.43. The van der Waals surface area contributed by atoms with Gasteiger partial charge in [-0.3, -0.25) is 4.79 Å². The number of nitrogens with one attached hydrogen (secondary N) is 1. The van der Waals surface area contributed by atoms with Crippen molar-refractivity contribution >= 4 is 17.4 Å². The predicted octanol–water partition coefficient (Wildman–Crippen LogP) is 3.10. The lowest BCUT2D eigenvalue weighted by molar-refractivity contribution is 0.0954. The van der Waals surface area contributed by atoms with E-state index in [1.807, 2.05) is 0 Å². The van der Waals surface area contributed by atoms with Crippen LogP contribution in [0.5, 0.6) is 11.6 Å². The fraction of sp³-hybridized carbons (Fsp3) is 0.125. The third-order valence-electron chi connectivity index (χ3n) is 3.14. The molecule has 122 valence electrons. The van der Waals surface area contributed by atoms with E-state index in [0.29, 0.717) is 28.7 Å². The molecule has 2 heterocycles. The minimum absolute atomic E-state index is 0.214. The Labute approximate surface area is 141 Å². The molecule has 2 aromatic heterocycles. The number of ether oxygens (including phenoxy) is 1. The van der Waals surface area contributed by atoms with Crippen LogP contribution in [0.2, 0.25) is 0 Å². The maximum Gasteiger partial charge on any atom is 0.265 e. The van der Waals surface area contributed by atoms with Crippen molar-refractivity contribution in [1.82, 2.24) is 19.9 Å². The number of hydrogen-bond donors (Lipinski definition) is 1. The molecule has 0 unspecified atom stereocenters. The van der Waals surface area contributed by atoms with Crippen molar-refractivity contribution in [3.8, 4) is 11.6 Å². The van der Waals surface area contributed by atoms with Crippen LogP contribution in [0, 0.1) is 12.7 Å². The van der Waals surface area contributed by atoms with Crippen LogP contribution in [0.4, 0.5) is 4.39 Å². The Morgan fingerprint density at radius 1 is 1.25 bits per heavy atom. The lowest BCUT2D eigenvalue weighted by Crippen LogP contribution is -2.22. The van der Waals surface area contributed by atoms with Crippen LogP contribution in [0.25, 0.3) is 0 Å². The molecule has 0 radical (unpaired) electrons. The normalized spacial score (nSPS) is 10.4. The Bertz CT molecular complexity index is 834. The number of aromatic nitrogens is 3. The van der Waals surface area contributed by atoms with Gasteiger partial charge in [0.25, 0.3) is 5.91 Å². The Balaban J connectivity index is 1.57. The molecule has 1 aromatic carbocycles. The van der Waals surface area contributed by atoms with E-state index in [1.54, 1.807) is 25.3 Å². The van der Waals surface area contributed by atoms with E-state index in [4.69, 9.17) is 4.74 Å². The highest BCUT2D eigenvalue weighted by Gasteiger charge is 2.12. The number of rotatable bonds is 5. The maximum absolute atomic E-state index is 12.8. The summed E-state index contributed by atoms with van der Waals surface area (Å²) in [4.78, 5) is 16.6. The Morgan fingerprint density at radius 2 is 2.04 bits per heavy atom. The molecule has 0 fully saturated rings. The van der Waals surface area contributed by atoms with Gasteiger partial charge in [0.2, 0.25) is 5.88 Å². The number of pyridine rings is 1. The SMILES string of the molecule is Cc1nnsc1C(=O)NCc1ccc(Oc2ccc(F)cc2)nc1. The fourth-order valence-electron chi connectivity index (χ4n) is 1.90. The second-order valence-electron chi connectivity index (χ2n) is 4.93. The molecule has 3 aromatic rings. The molecule has 0 saturated carbocycles. The zero-order chi connectivity index (χ0) is 16.9. The van der Waals surface area contributed by atoms with Crippen molar-refractivity contribution in [2.75, 3.05) is 0 Å². The van der Waals surface area contributed by atoms with E-state index in [2.05, 4.69) is 19.9 Å². The maximum atomic E-state index is 12.8. The lowest BCUT2D eigenvalue weighted by atomic mass is 10.2. The zero-order valence-corrected chi connectivity index (χ0v) is 13.5. The van der Waals surface area contributed by atoms with E-state index >= 15 is 0 Å². The molecule has 8 heteroatoms. The quantitative estimate of drug-likeness (QED) is 0.769. The molecule has 1 amide bonds.